The highest BCUT2D eigenvalue weighted by molar-refractivity contribution is 7.89. The second-order valence-corrected chi connectivity index (χ2v) is 6.09. The molecule has 0 aliphatic carbocycles. The zero-order valence-corrected chi connectivity index (χ0v) is 9.39. The second-order valence-electron chi connectivity index (χ2n) is 3.74. The maximum atomic E-state index is 11.8. The first-order valence-corrected chi connectivity index (χ1v) is 6.34. The molecular weight excluding hydrogens is 200 g/mol. The normalized spacial score (nSPS) is 22.3. The fraction of sp³-hybridized carbons (Fsp3) is 0.778. The van der Waals surface area contributed by atoms with Crippen LogP contribution in [0.5, 0.6) is 0 Å². The molecule has 1 aliphatic heterocycles. The predicted octanol–water partition coefficient (Wildman–Crippen LogP) is 0.315. The molecule has 2 N–H and O–H groups in total. The van der Waals surface area contributed by atoms with Crippen LogP contribution in [0.3, 0.4) is 0 Å². The number of hydrogen-bond donors (Lipinski definition) is 1. The number of nitrogens with two attached hydrogens (primary N) is 1. The molecule has 14 heavy (non-hydrogen) atoms. The molecule has 0 bridgehead atoms. The van der Waals surface area contributed by atoms with Crippen molar-refractivity contribution in [2.75, 3.05) is 19.6 Å². The van der Waals surface area contributed by atoms with Crippen LogP contribution in [0, 0.1) is 0 Å². The van der Waals surface area contributed by atoms with E-state index in [1.54, 1.807) is 6.92 Å². The van der Waals surface area contributed by atoms with Gasteiger partial charge in [0, 0.05) is 19.6 Å². The van der Waals surface area contributed by atoms with Gasteiger partial charge in [0.15, 0.2) is 0 Å². The van der Waals surface area contributed by atoms with E-state index in [4.69, 9.17) is 5.73 Å². The summed E-state index contributed by atoms with van der Waals surface area (Å²) in [6, 6.07) is 0. The van der Waals surface area contributed by atoms with E-state index in [0.717, 1.165) is 18.4 Å². The predicted molar refractivity (Wildman–Crippen MR) is 57.4 cm³/mol. The highest BCUT2D eigenvalue weighted by Crippen LogP contribution is 2.19. The van der Waals surface area contributed by atoms with Crippen molar-refractivity contribution in [2.24, 2.45) is 5.73 Å². The van der Waals surface area contributed by atoms with Crippen LogP contribution in [-0.2, 0) is 10.0 Å². The summed E-state index contributed by atoms with van der Waals surface area (Å²) < 4.78 is 25.2. The van der Waals surface area contributed by atoms with Crippen LogP contribution < -0.4 is 5.73 Å². The SMILES string of the molecule is C=C1CCN(S(=O)(=O)C(C)CN)CC1. The molecule has 0 spiro atoms. The third-order valence-corrected chi connectivity index (χ3v) is 4.92. The van der Waals surface area contributed by atoms with E-state index in [9.17, 15) is 8.42 Å². The Morgan fingerprint density at radius 1 is 1.50 bits per heavy atom. The van der Waals surface area contributed by atoms with Crippen LogP contribution in [-0.4, -0.2) is 37.6 Å². The highest BCUT2D eigenvalue weighted by atomic mass is 32.2. The fourth-order valence-electron chi connectivity index (χ4n) is 1.43. The van der Waals surface area contributed by atoms with Crippen LogP contribution >= 0.6 is 0 Å². The lowest BCUT2D eigenvalue weighted by molar-refractivity contribution is 0.382. The van der Waals surface area contributed by atoms with E-state index in [1.165, 1.54) is 4.31 Å². The molecule has 0 aromatic heterocycles. The molecule has 0 amide bonds. The van der Waals surface area contributed by atoms with Gasteiger partial charge in [-0.05, 0) is 19.8 Å². The summed E-state index contributed by atoms with van der Waals surface area (Å²) in [4.78, 5) is 0. The largest absolute Gasteiger partial charge is 0.329 e. The van der Waals surface area contributed by atoms with E-state index in [1.807, 2.05) is 0 Å². The van der Waals surface area contributed by atoms with Gasteiger partial charge in [-0.25, -0.2) is 12.7 Å². The van der Waals surface area contributed by atoms with Gasteiger partial charge in [0.25, 0.3) is 0 Å². The van der Waals surface area contributed by atoms with Crippen LogP contribution in [0.25, 0.3) is 0 Å². The Morgan fingerprint density at radius 3 is 2.43 bits per heavy atom. The lowest BCUT2D eigenvalue weighted by atomic mass is 10.1. The smallest absolute Gasteiger partial charge is 0.217 e. The van der Waals surface area contributed by atoms with Crippen molar-refractivity contribution in [1.29, 1.82) is 0 Å². The molecule has 1 atom stereocenters. The van der Waals surface area contributed by atoms with Crippen molar-refractivity contribution >= 4 is 10.0 Å². The summed E-state index contributed by atoms with van der Waals surface area (Å²) in [6.07, 6.45) is 1.55. The molecule has 1 unspecified atom stereocenters. The molecule has 1 aliphatic rings. The fourth-order valence-corrected chi connectivity index (χ4v) is 2.88. The second kappa shape index (κ2) is 4.42. The average molecular weight is 218 g/mol. The number of nitrogens with zero attached hydrogens (tertiary/aromatic N) is 1. The Balaban J connectivity index is 2.69. The van der Waals surface area contributed by atoms with Gasteiger partial charge in [-0.2, -0.15) is 0 Å². The van der Waals surface area contributed by atoms with Gasteiger partial charge in [0.1, 0.15) is 0 Å². The van der Waals surface area contributed by atoms with E-state index < -0.39 is 15.3 Å². The summed E-state index contributed by atoms with van der Waals surface area (Å²) in [5.74, 6) is 0. The third-order valence-electron chi connectivity index (χ3n) is 2.63. The van der Waals surface area contributed by atoms with Crippen molar-refractivity contribution in [2.45, 2.75) is 25.0 Å². The topological polar surface area (TPSA) is 63.4 Å². The van der Waals surface area contributed by atoms with Gasteiger partial charge < -0.3 is 5.73 Å². The summed E-state index contributed by atoms with van der Waals surface area (Å²) >= 11 is 0. The van der Waals surface area contributed by atoms with Crippen LogP contribution in [0.15, 0.2) is 12.2 Å². The van der Waals surface area contributed by atoms with Gasteiger partial charge in [-0.3, -0.25) is 0 Å². The first-order valence-electron chi connectivity index (χ1n) is 4.84. The van der Waals surface area contributed by atoms with E-state index in [0.29, 0.717) is 13.1 Å². The van der Waals surface area contributed by atoms with E-state index in [-0.39, 0.29) is 6.54 Å². The van der Waals surface area contributed by atoms with Gasteiger partial charge in [0.05, 0.1) is 5.25 Å². The Labute approximate surface area is 85.8 Å². The third kappa shape index (κ3) is 2.34. The summed E-state index contributed by atoms with van der Waals surface area (Å²) in [7, 11) is -3.17. The highest BCUT2D eigenvalue weighted by Gasteiger charge is 2.29. The molecule has 5 heteroatoms. The van der Waals surface area contributed by atoms with Gasteiger partial charge in [-0.1, -0.05) is 12.2 Å². The number of rotatable bonds is 3. The lowest BCUT2D eigenvalue weighted by Crippen LogP contribution is -2.43. The van der Waals surface area contributed by atoms with E-state index >= 15 is 0 Å². The molecular formula is C9H18N2O2S. The molecule has 1 heterocycles. The standard InChI is InChI=1S/C9H18N2O2S/c1-8-3-5-11(6-4-8)14(12,13)9(2)7-10/h9H,1,3-7,10H2,2H3. The molecule has 1 rings (SSSR count). The minimum Gasteiger partial charge on any atom is -0.329 e. The average Bonchev–Trinajstić information content (AvgIpc) is 2.17. The van der Waals surface area contributed by atoms with Crippen molar-refractivity contribution < 1.29 is 8.42 Å². The zero-order chi connectivity index (χ0) is 10.8. The number of piperidine rings is 1. The van der Waals surface area contributed by atoms with Gasteiger partial charge >= 0.3 is 0 Å². The van der Waals surface area contributed by atoms with Crippen molar-refractivity contribution in [1.82, 2.24) is 4.31 Å². The van der Waals surface area contributed by atoms with Gasteiger partial charge in [-0.15, -0.1) is 0 Å². The molecule has 0 aromatic rings. The van der Waals surface area contributed by atoms with Crippen molar-refractivity contribution in [3.05, 3.63) is 12.2 Å². The van der Waals surface area contributed by atoms with Gasteiger partial charge in [0.2, 0.25) is 10.0 Å². The summed E-state index contributed by atoms with van der Waals surface area (Å²) in [5.41, 5.74) is 6.50. The molecule has 1 saturated heterocycles. The Hall–Kier alpha value is -0.390. The Kier molecular flexibility index (Phi) is 3.69. The minimum atomic E-state index is -3.17. The quantitative estimate of drug-likeness (QED) is 0.694. The Morgan fingerprint density at radius 2 is 2.00 bits per heavy atom. The molecule has 0 aromatic carbocycles. The first-order chi connectivity index (χ1) is 6.48. The lowest BCUT2D eigenvalue weighted by Gasteiger charge is -2.29. The number of sulfonamides is 1. The van der Waals surface area contributed by atoms with Crippen molar-refractivity contribution in [3.63, 3.8) is 0 Å². The van der Waals surface area contributed by atoms with Crippen LogP contribution in [0.4, 0.5) is 0 Å². The number of hydrogen-bond acceptors (Lipinski definition) is 3. The molecule has 0 radical (unpaired) electrons. The summed E-state index contributed by atoms with van der Waals surface area (Å²) in [5, 5.41) is -0.478. The first kappa shape index (κ1) is 11.7. The monoisotopic (exact) mass is 218 g/mol. The summed E-state index contributed by atoms with van der Waals surface area (Å²) in [6.45, 7) is 6.80. The molecule has 0 saturated carbocycles. The van der Waals surface area contributed by atoms with Crippen molar-refractivity contribution in [3.8, 4) is 0 Å². The maximum absolute atomic E-state index is 11.8. The van der Waals surface area contributed by atoms with E-state index in [2.05, 4.69) is 6.58 Å². The molecule has 82 valence electrons. The zero-order valence-electron chi connectivity index (χ0n) is 8.57. The molecule has 4 nitrogen and oxygen atoms in total. The van der Waals surface area contributed by atoms with Crippen LogP contribution in [0.2, 0.25) is 0 Å². The maximum Gasteiger partial charge on any atom is 0.217 e. The minimum absolute atomic E-state index is 0.180. The Bertz CT molecular complexity index is 301. The molecule has 1 fully saturated rings. The van der Waals surface area contributed by atoms with Crippen LogP contribution in [0.1, 0.15) is 19.8 Å².